The molecule has 3 heterocycles. The van der Waals surface area contributed by atoms with Crippen LogP contribution in [0.5, 0.6) is 5.75 Å². The van der Waals surface area contributed by atoms with Crippen LogP contribution in [0.1, 0.15) is 23.5 Å². The summed E-state index contributed by atoms with van der Waals surface area (Å²) in [7, 11) is 5.77. The molecule has 0 unspecified atom stereocenters. The molecule has 0 bridgehead atoms. The van der Waals surface area contributed by atoms with Gasteiger partial charge in [-0.25, -0.2) is 0 Å². The second-order valence-electron chi connectivity index (χ2n) is 8.41. The first kappa shape index (κ1) is 22.0. The normalized spacial score (nSPS) is 17.5. The van der Waals surface area contributed by atoms with Crippen LogP contribution < -0.4 is 19.9 Å². The van der Waals surface area contributed by atoms with Crippen LogP contribution in [0.4, 0.5) is 11.4 Å². The number of thiocarbonyl (C=S) groups is 1. The highest BCUT2D eigenvalue weighted by atomic mass is 32.1. The smallest absolute Gasteiger partial charge is 0.174 e. The van der Waals surface area contributed by atoms with Crippen molar-refractivity contribution in [3.63, 3.8) is 0 Å². The molecule has 1 aliphatic rings. The second kappa shape index (κ2) is 9.19. The van der Waals surface area contributed by atoms with Crippen LogP contribution in [0.15, 0.2) is 91.3 Å². The number of methoxy groups -OCH3 is 1. The van der Waals surface area contributed by atoms with Gasteiger partial charge in [-0.3, -0.25) is 4.98 Å². The SMILES string of the molecule is COc1cccc(N2C(=S)N[C@H](c3ccccn3)[C@@H]2c2cccn2-c2ccc(N(C)C)cc2)c1. The number of aromatic nitrogens is 2. The molecule has 34 heavy (non-hydrogen) atoms. The van der Waals surface area contributed by atoms with Crippen molar-refractivity contribution >= 4 is 28.7 Å². The Kier molecular flexibility index (Phi) is 5.94. The van der Waals surface area contributed by atoms with Crippen molar-refractivity contribution in [1.82, 2.24) is 14.9 Å². The molecular weight excluding hydrogens is 442 g/mol. The standard InChI is InChI=1S/C27H27N5OS/c1-30(2)19-12-14-20(15-13-19)31-17-7-11-24(31)26-25(23-10-4-5-16-28-23)29-27(34)32(26)21-8-6-9-22(18-21)33-3/h4-18,25-26H,1-3H3,(H,29,34)/t25-,26+/m1/s1. The summed E-state index contributed by atoms with van der Waals surface area (Å²) >= 11 is 5.87. The lowest BCUT2D eigenvalue weighted by Gasteiger charge is -2.29. The minimum Gasteiger partial charge on any atom is -0.497 e. The summed E-state index contributed by atoms with van der Waals surface area (Å²) in [5.41, 5.74) is 5.27. The van der Waals surface area contributed by atoms with E-state index in [2.05, 4.69) is 73.3 Å². The summed E-state index contributed by atoms with van der Waals surface area (Å²) in [6.45, 7) is 0. The van der Waals surface area contributed by atoms with E-state index in [-0.39, 0.29) is 12.1 Å². The maximum absolute atomic E-state index is 5.87. The minimum atomic E-state index is -0.116. The molecule has 1 fully saturated rings. The quantitative estimate of drug-likeness (QED) is 0.395. The Bertz CT molecular complexity index is 1290. The Morgan fingerprint density at radius 3 is 2.47 bits per heavy atom. The van der Waals surface area contributed by atoms with E-state index in [1.165, 1.54) is 0 Å². The van der Waals surface area contributed by atoms with Crippen molar-refractivity contribution < 1.29 is 4.74 Å². The first-order valence-corrected chi connectivity index (χ1v) is 11.6. The van der Waals surface area contributed by atoms with Gasteiger partial charge in [-0.2, -0.15) is 0 Å². The lowest BCUT2D eigenvalue weighted by Crippen LogP contribution is -2.30. The topological polar surface area (TPSA) is 45.6 Å². The number of pyridine rings is 1. The zero-order valence-corrected chi connectivity index (χ0v) is 20.2. The number of hydrogen-bond acceptors (Lipinski definition) is 4. The largest absolute Gasteiger partial charge is 0.497 e. The molecule has 2 atom stereocenters. The maximum Gasteiger partial charge on any atom is 0.174 e. The van der Waals surface area contributed by atoms with Crippen LogP contribution in [0.25, 0.3) is 5.69 Å². The van der Waals surface area contributed by atoms with Crippen LogP contribution in [-0.4, -0.2) is 35.9 Å². The van der Waals surface area contributed by atoms with Crippen LogP contribution >= 0.6 is 12.2 Å². The third-order valence-corrected chi connectivity index (χ3v) is 6.47. The lowest BCUT2D eigenvalue weighted by molar-refractivity contribution is 0.414. The Labute approximate surface area is 205 Å². The van der Waals surface area contributed by atoms with Gasteiger partial charge in [0, 0.05) is 55.3 Å². The van der Waals surface area contributed by atoms with Crippen molar-refractivity contribution in [2.45, 2.75) is 12.1 Å². The number of anilines is 2. The van der Waals surface area contributed by atoms with Gasteiger partial charge >= 0.3 is 0 Å². The predicted octanol–water partition coefficient (Wildman–Crippen LogP) is 5.12. The average Bonchev–Trinajstić information content (AvgIpc) is 3.49. The van der Waals surface area contributed by atoms with Crippen molar-refractivity contribution in [3.05, 3.63) is 103 Å². The van der Waals surface area contributed by atoms with Crippen LogP contribution in [0.3, 0.4) is 0 Å². The van der Waals surface area contributed by atoms with Crippen molar-refractivity contribution in [3.8, 4) is 11.4 Å². The molecule has 6 nitrogen and oxygen atoms in total. The number of rotatable bonds is 6. The van der Waals surface area contributed by atoms with E-state index >= 15 is 0 Å². The third kappa shape index (κ3) is 3.99. The monoisotopic (exact) mass is 469 g/mol. The van der Waals surface area contributed by atoms with Crippen LogP contribution in [0, 0.1) is 0 Å². The lowest BCUT2D eigenvalue weighted by atomic mass is 10.0. The van der Waals surface area contributed by atoms with Crippen molar-refractivity contribution in [1.29, 1.82) is 0 Å². The molecule has 2 aromatic carbocycles. The van der Waals surface area contributed by atoms with Crippen LogP contribution in [-0.2, 0) is 0 Å². The summed E-state index contributed by atoms with van der Waals surface area (Å²) in [4.78, 5) is 8.92. The maximum atomic E-state index is 5.87. The number of benzene rings is 2. The van der Waals surface area contributed by atoms with Gasteiger partial charge in [0.25, 0.3) is 0 Å². The van der Waals surface area contributed by atoms with Gasteiger partial charge in [0.05, 0.1) is 18.8 Å². The Balaban J connectivity index is 1.63. The Morgan fingerprint density at radius 2 is 1.76 bits per heavy atom. The summed E-state index contributed by atoms with van der Waals surface area (Å²) in [5.74, 6) is 0.787. The average molecular weight is 470 g/mol. The Hall–Kier alpha value is -3.84. The van der Waals surface area contributed by atoms with Gasteiger partial charge < -0.3 is 24.4 Å². The van der Waals surface area contributed by atoms with Gasteiger partial charge in [0.15, 0.2) is 5.11 Å². The molecule has 0 spiro atoms. The molecule has 0 saturated carbocycles. The number of nitrogens with one attached hydrogen (secondary N) is 1. The highest BCUT2D eigenvalue weighted by Crippen LogP contribution is 2.42. The van der Waals surface area contributed by atoms with E-state index in [9.17, 15) is 0 Å². The molecule has 0 amide bonds. The molecule has 0 radical (unpaired) electrons. The van der Waals surface area contributed by atoms with E-state index in [1.54, 1.807) is 7.11 Å². The van der Waals surface area contributed by atoms with Gasteiger partial charge in [0.1, 0.15) is 11.8 Å². The van der Waals surface area contributed by atoms with Crippen LogP contribution in [0.2, 0.25) is 0 Å². The third-order valence-electron chi connectivity index (χ3n) is 6.16. The minimum absolute atomic E-state index is 0.113. The van der Waals surface area contributed by atoms with E-state index in [0.29, 0.717) is 5.11 Å². The zero-order chi connectivity index (χ0) is 23.7. The van der Waals surface area contributed by atoms with Gasteiger partial charge in [-0.1, -0.05) is 12.1 Å². The highest BCUT2D eigenvalue weighted by Gasteiger charge is 2.42. The van der Waals surface area contributed by atoms with E-state index in [1.807, 2.05) is 56.7 Å². The molecule has 1 N–H and O–H groups in total. The van der Waals surface area contributed by atoms with Gasteiger partial charge in [0.2, 0.25) is 0 Å². The number of ether oxygens (including phenoxy) is 1. The molecule has 172 valence electrons. The van der Waals surface area contributed by atoms with E-state index in [0.717, 1.165) is 34.2 Å². The fourth-order valence-electron chi connectivity index (χ4n) is 4.48. The second-order valence-corrected chi connectivity index (χ2v) is 8.80. The fourth-order valence-corrected chi connectivity index (χ4v) is 4.82. The van der Waals surface area contributed by atoms with E-state index < -0.39 is 0 Å². The first-order chi connectivity index (χ1) is 16.6. The summed E-state index contributed by atoms with van der Waals surface area (Å²) in [6, 6.07) is 26.5. The Morgan fingerprint density at radius 1 is 0.941 bits per heavy atom. The van der Waals surface area contributed by atoms with Crippen molar-refractivity contribution in [2.24, 2.45) is 0 Å². The predicted molar refractivity (Wildman–Crippen MR) is 141 cm³/mol. The molecule has 7 heteroatoms. The van der Waals surface area contributed by atoms with Gasteiger partial charge in [-0.05, 0) is 72.9 Å². The highest BCUT2D eigenvalue weighted by molar-refractivity contribution is 7.80. The van der Waals surface area contributed by atoms with Crippen molar-refractivity contribution in [2.75, 3.05) is 31.0 Å². The molecule has 0 aliphatic carbocycles. The molecule has 5 rings (SSSR count). The zero-order valence-electron chi connectivity index (χ0n) is 19.4. The first-order valence-electron chi connectivity index (χ1n) is 11.2. The summed E-state index contributed by atoms with van der Waals surface area (Å²) in [6.07, 6.45) is 3.92. The van der Waals surface area contributed by atoms with E-state index in [4.69, 9.17) is 17.0 Å². The summed E-state index contributed by atoms with van der Waals surface area (Å²) in [5, 5.41) is 4.19. The summed E-state index contributed by atoms with van der Waals surface area (Å²) < 4.78 is 7.72. The fraction of sp³-hybridized carbons (Fsp3) is 0.185. The molecule has 1 saturated heterocycles. The van der Waals surface area contributed by atoms with Gasteiger partial charge in [-0.15, -0.1) is 0 Å². The molecular formula is C27H27N5OS. The number of nitrogens with zero attached hydrogens (tertiary/aromatic N) is 4. The number of hydrogen-bond donors (Lipinski definition) is 1. The molecule has 2 aromatic heterocycles. The molecule has 1 aliphatic heterocycles. The molecule has 4 aromatic rings.